The van der Waals surface area contributed by atoms with Crippen molar-refractivity contribution in [1.29, 1.82) is 0 Å². The Kier molecular flexibility index (Phi) is 6.48. The SMILES string of the molecule is CC(C)(C)OC(=O)N(CCc1ccc(N)cc1Cl)Cc1ccc(F)cc1. The van der Waals surface area contributed by atoms with Crippen LogP contribution in [0.4, 0.5) is 14.9 Å². The second-order valence-electron chi connectivity index (χ2n) is 7.13. The normalized spacial score (nSPS) is 11.3. The van der Waals surface area contributed by atoms with Gasteiger partial charge in [-0.05, 0) is 62.6 Å². The molecule has 0 saturated heterocycles. The largest absolute Gasteiger partial charge is 0.444 e. The minimum absolute atomic E-state index is 0.314. The van der Waals surface area contributed by atoms with E-state index >= 15 is 0 Å². The first-order chi connectivity index (χ1) is 12.1. The molecule has 2 N–H and O–H groups in total. The molecule has 2 aromatic rings. The van der Waals surface area contributed by atoms with Crippen LogP contribution in [0.3, 0.4) is 0 Å². The molecular weight excluding hydrogens is 355 g/mol. The zero-order chi connectivity index (χ0) is 19.3. The average molecular weight is 379 g/mol. The molecule has 1 amide bonds. The first kappa shape index (κ1) is 20.0. The Morgan fingerprint density at radius 2 is 1.85 bits per heavy atom. The lowest BCUT2D eigenvalue weighted by Gasteiger charge is -2.27. The molecule has 0 aliphatic heterocycles. The highest BCUT2D eigenvalue weighted by molar-refractivity contribution is 6.31. The third kappa shape index (κ3) is 6.23. The summed E-state index contributed by atoms with van der Waals surface area (Å²) in [6.07, 6.45) is 0.132. The first-order valence-corrected chi connectivity index (χ1v) is 8.78. The molecule has 0 aromatic heterocycles. The summed E-state index contributed by atoms with van der Waals surface area (Å²) in [6, 6.07) is 11.4. The Bertz CT molecular complexity index is 757. The number of carbonyl (C=O) groups is 1. The Hall–Kier alpha value is -2.27. The van der Waals surface area contributed by atoms with E-state index in [1.807, 2.05) is 26.8 Å². The number of rotatable bonds is 5. The molecule has 0 bridgehead atoms. The third-order valence-corrected chi connectivity index (χ3v) is 4.02. The molecule has 0 unspecified atom stereocenters. The molecular formula is C20H24ClFN2O2. The van der Waals surface area contributed by atoms with Gasteiger partial charge in [0.25, 0.3) is 0 Å². The summed E-state index contributed by atoms with van der Waals surface area (Å²) in [5.74, 6) is -0.314. The Labute approximate surface area is 158 Å². The lowest BCUT2D eigenvalue weighted by molar-refractivity contribution is 0.0236. The highest BCUT2D eigenvalue weighted by Crippen LogP contribution is 2.21. The van der Waals surface area contributed by atoms with Crippen LogP contribution in [0.25, 0.3) is 0 Å². The summed E-state index contributed by atoms with van der Waals surface area (Å²) in [5.41, 5.74) is 7.42. The van der Waals surface area contributed by atoms with Gasteiger partial charge in [0.1, 0.15) is 11.4 Å². The van der Waals surface area contributed by atoms with E-state index in [9.17, 15) is 9.18 Å². The molecule has 26 heavy (non-hydrogen) atoms. The summed E-state index contributed by atoms with van der Waals surface area (Å²) >= 11 is 6.22. The number of nitrogen functional groups attached to an aromatic ring is 1. The van der Waals surface area contributed by atoms with Gasteiger partial charge in [-0.25, -0.2) is 9.18 Å². The standard InChI is InChI=1S/C20H24ClFN2O2/c1-20(2,3)26-19(25)24(13-14-4-7-16(22)8-5-14)11-10-15-6-9-17(23)12-18(15)21/h4-9,12H,10-11,13,23H2,1-3H3. The molecule has 0 fully saturated rings. The number of halogens is 2. The molecule has 0 radical (unpaired) electrons. The fourth-order valence-electron chi connectivity index (χ4n) is 2.39. The molecule has 2 rings (SSSR count). The molecule has 6 heteroatoms. The third-order valence-electron chi connectivity index (χ3n) is 3.67. The van der Waals surface area contributed by atoms with E-state index in [0.717, 1.165) is 11.1 Å². The summed E-state index contributed by atoms with van der Waals surface area (Å²) in [4.78, 5) is 14.2. The van der Waals surface area contributed by atoms with E-state index in [4.69, 9.17) is 22.1 Å². The van der Waals surface area contributed by atoms with Crippen molar-refractivity contribution in [2.75, 3.05) is 12.3 Å². The number of ether oxygens (including phenoxy) is 1. The average Bonchev–Trinajstić information content (AvgIpc) is 2.53. The van der Waals surface area contributed by atoms with Crippen LogP contribution in [-0.2, 0) is 17.7 Å². The minimum atomic E-state index is -0.600. The number of carbonyl (C=O) groups excluding carboxylic acids is 1. The number of anilines is 1. The fraction of sp³-hybridized carbons (Fsp3) is 0.350. The summed E-state index contributed by atoms with van der Waals surface area (Å²) < 4.78 is 18.6. The van der Waals surface area contributed by atoms with Crippen LogP contribution in [0, 0.1) is 5.82 Å². The first-order valence-electron chi connectivity index (χ1n) is 8.40. The van der Waals surface area contributed by atoms with Crippen molar-refractivity contribution in [2.45, 2.75) is 39.3 Å². The molecule has 140 valence electrons. The van der Waals surface area contributed by atoms with E-state index in [1.165, 1.54) is 12.1 Å². The molecule has 0 spiro atoms. The monoisotopic (exact) mass is 378 g/mol. The number of benzene rings is 2. The zero-order valence-corrected chi connectivity index (χ0v) is 16.0. The van der Waals surface area contributed by atoms with Gasteiger partial charge in [-0.15, -0.1) is 0 Å². The Morgan fingerprint density at radius 3 is 2.42 bits per heavy atom. The van der Waals surface area contributed by atoms with Crippen molar-refractivity contribution in [1.82, 2.24) is 4.90 Å². The van der Waals surface area contributed by atoms with Gasteiger partial charge >= 0.3 is 6.09 Å². The van der Waals surface area contributed by atoms with E-state index < -0.39 is 11.7 Å². The number of nitrogens with zero attached hydrogens (tertiary/aromatic N) is 1. The Balaban J connectivity index is 2.13. The predicted octanol–water partition coefficient (Wildman–Crippen LogP) is 5.04. The number of amides is 1. The summed E-state index contributed by atoms with van der Waals surface area (Å²) in [7, 11) is 0. The van der Waals surface area contributed by atoms with Gasteiger partial charge in [-0.3, -0.25) is 0 Å². The minimum Gasteiger partial charge on any atom is -0.444 e. The van der Waals surface area contributed by atoms with Crippen LogP contribution in [-0.4, -0.2) is 23.1 Å². The van der Waals surface area contributed by atoms with Crippen molar-refractivity contribution < 1.29 is 13.9 Å². The second-order valence-corrected chi connectivity index (χ2v) is 7.54. The van der Waals surface area contributed by atoms with Gasteiger partial charge in [0.05, 0.1) is 0 Å². The highest BCUT2D eigenvalue weighted by Gasteiger charge is 2.22. The van der Waals surface area contributed by atoms with Crippen LogP contribution in [0.1, 0.15) is 31.9 Å². The van der Waals surface area contributed by atoms with Gasteiger partial charge < -0.3 is 15.4 Å². The van der Waals surface area contributed by atoms with Gasteiger partial charge in [-0.1, -0.05) is 29.8 Å². The van der Waals surface area contributed by atoms with E-state index in [-0.39, 0.29) is 5.82 Å². The maximum absolute atomic E-state index is 13.1. The van der Waals surface area contributed by atoms with Crippen LogP contribution in [0.15, 0.2) is 42.5 Å². The molecule has 0 atom stereocenters. The van der Waals surface area contributed by atoms with Gasteiger partial charge in [0.2, 0.25) is 0 Å². The lowest BCUT2D eigenvalue weighted by Crippen LogP contribution is -2.37. The van der Waals surface area contributed by atoms with Gasteiger partial charge in [0.15, 0.2) is 0 Å². The van der Waals surface area contributed by atoms with E-state index in [1.54, 1.807) is 29.2 Å². The maximum atomic E-state index is 13.1. The van der Waals surface area contributed by atoms with Gasteiger partial charge in [0, 0.05) is 23.8 Å². The molecule has 2 aromatic carbocycles. The number of hydrogen-bond acceptors (Lipinski definition) is 3. The van der Waals surface area contributed by atoms with Gasteiger partial charge in [-0.2, -0.15) is 0 Å². The predicted molar refractivity (Wildman–Crippen MR) is 103 cm³/mol. The summed E-state index contributed by atoms with van der Waals surface area (Å²) in [6.45, 7) is 6.19. The van der Waals surface area contributed by atoms with Crippen LogP contribution >= 0.6 is 11.6 Å². The Morgan fingerprint density at radius 1 is 1.19 bits per heavy atom. The molecule has 0 heterocycles. The topological polar surface area (TPSA) is 55.6 Å². The van der Waals surface area contributed by atoms with E-state index in [2.05, 4.69) is 0 Å². The summed E-state index contributed by atoms with van der Waals surface area (Å²) in [5, 5.41) is 0.566. The fourth-order valence-corrected chi connectivity index (χ4v) is 2.68. The molecule has 0 aliphatic carbocycles. The quantitative estimate of drug-likeness (QED) is 0.741. The van der Waals surface area contributed by atoms with Crippen LogP contribution < -0.4 is 5.73 Å². The van der Waals surface area contributed by atoms with Crippen LogP contribution in [0.5, 0.6) is 0 Å². The zero-order valence-electron chi connectivity index (χ0n) is 15.3. The van der Waals surface area contributed by atoms with Crippen LogP contribution in [0.2, 0.25) is 5.02 Å². The number of nitrogens with two attached hydrogens (primary N) is 1. The van der Waals surface area contributed by atoms with Crippen molar-refractivity contribution in [3.63, 3.8) is 0 Å². The smallest absolute Gasteiger partial charge is 0.410 e. The highest BCUT2D eigenvalue weighted by atomic mass is 35.5. The van der Waals surface area contributed by atoms with Crippen molar-refractivity contribution >= 4 is 23.4 Å². The van der Waals surface area contributed by atoms with Crippen molar-refractivity contribution in [3.05, 3.63) is 64.4 Å². The molecule has 0 saturated carbocycles. The van der Waals surface area contributed by atoms with E-state index in [0.29, 0.717) is 30.2 Å². The molecule has 0 aliphatic rings. The maximum Gasteiger partial charge on any atom is 0.410 e. The molecule has 4 nitrogen and oxygen atoms in total. The van der Waals surface area contributed by atoms with Crippen molar-refractivity contribution in [3.8, 4) is 0 Å². The number of hydrogen-bond donors (Lipinski definition) is 1. The second kappa shape index (κ2) is 8.41. The van der Waals surface area contributed by atoms with Crippen molar-refractivity contribution in [2.24, 2.45) is 0 Å². The lowest BCUT2D eigenvalue weighted by atomic mass is 10.1.